The first kappa shape index (κ1) is 17.5. The minimum Gasteiger partial charge on any atom is -0.381 e. The third kappa shape index (κ3) is 2.90. The summed E-state index contributed by atoms with van der Waals surface area (Å²) in [5.41, 5.74) is -1.94. The average Bonchev–Trinajstić information content (AvgIpc) is 2.93. The molecule has 24 heavy (non-hydrogen) atoms. The van der Waals surface area contributed by atoms with Crippen molar-refractivity contribution in [2.24, 2.45) is 0 Å². The Morgan fingerprint density at radius 2 is 2.25 bits per heavy atom. The number of nitrogens with one attached hydrogen (secondary N) is 1. The summed E-state index contributed by atoms with van der Waals surface area (Å²) in [5.74, 6) is 0. The highest BCUT2D eigenvalue weighted by molar-refractivity contribution is 7.51. The van der Waals surface area contributed by atoms with Crippen LogP contribution in [0.5, 0.6) is 0 Å². The molecule has 2 aliphatic heterocycles. The van der Waals surface area contributed by atoms with Gasteiger partial charge in [-0.25, -0.2) is 4.79 Å². The maximum absolute atomic E-state index is 12.1. The molecule has 11 heteroatoms. The Balaban J connectivity index is 2.01. The second-order valence-electron chi connectivity index (χ2n) is 6.09. The summed E-state index contributed by atoms with van der Waals surface area (Å²) >= 11 is 0. The van der Waals surface area contributed by atoms with E-state index in [9.17, 15) is 19.0 Å². The molecule has 2 N–H and O–H groups in total. The quantitative estimate of drug-likeness (QED) is 0.662. The summed E-state index contributed by atoms with van der Waals surface area (Å²) in [7, 11) is -2.37. The van der Waals surface area contributed by atoms with Crippen LogP contribution in [0.3, 0.4) is 0 Å². The molecule has 10 nitrogen and oxygen atoms in total. The van der Waals surface area contributed by atoms with E-state index in [0.717, 1.165) is 6.66 Å². The molecule has 0 radical (unpaired) electrons. The Labute approximate surface area is 136 Å². The van der Waals surface area contributed by atoms with Gasteiger partial charge in [0.1, 0.15) is 17.8 Å². The van der Waals surface area contributed by atoms with Crippen molar-refractivity contribution < 1.29 is 28.2 Å². The molecule has 0 aromatic carbocycles. The largest absolute Gasteiger partial charge is 0.381 e. The van der Waals surface area contributed by atoms with Crippen LogP contribution < -0.4 is 11.2 Å². The fraction of sp³-hybridized carbons (Fsp3) is 0.692. The SMILES string of the molecule is COC[C@@]12COC([C@H](n3cc(C)c(=O)[nH]c3=O)O1)[C@H]2OP(C)(=O)O. The molecule has 1 aromatic heterocycles. The number of aromatic amines is 1. The number of ether oxygens (including phenoxy) is 3. The molecule has 2 aliphatic rings. The van der Waals surface area contributed by atoms with Crippen LogP contribution in [0.2, 0.25) is 0 Å². The molecule has 1 aromatic rings. The van der Waals surface area contributed by atoms with Gasteiger partial charge in [0.15, 0.2) is 6.23 Å². The standard InChI is InChI=1S/C13H19N2O8P/c1-7-4-15(12(17)14-10(7)16)11-8-9(23-24(3,18)19)13(22-11,5-20-2)6-21-8/h4,8-9,11H,5-6H2,1-3H3,(H,18,19)(H,14,16,17)/t8?,9-,11-,13+/m1/s1. The molecular weight excluding hydrogens is 343 g/mol. The maximum atomic E-state index is 12.1. The number of methoxy groups -OCH3 is 1. The van der Waals surface area contributed by atoms with Crippen LogP contribution in [-0.4, -0.2) is 59.2 Å². The number of aryl methyl sites for hydroxylation is 1. The summed E-state index contributed by atoms with van der Waals surface area (Å²) in [6, 6.07) is 0. The number of aromatic nitrogens is 2. The zero-order valence-electron chi connectivity index (χ0n) is 13.4. The zero-order valence-corrected chi connectivity index (χ0v) is 14.3. The molecule has 2 saturated heterocycles. The lowest BCUT2D eigenvalue weighted by Gasteiger charge is -2.31. The number of H-pyrrole nitrogens is 1. The molecule has 0 amide bonds. The second-order valence-corrected chi connectivity index (χ2v) is 7.91. The fourth-order valence-electron chi connectivity index (χ4n) is 3.11. The van der Waals surface area contributed by atoms with Crippen LogP contribution in [0.1, 0.15) is 11.8 Å². The van der Waals surface area contributed by atoms with E-state index in [-0.39, 0.29) is 13.2 Å². The van der Waals surface area contributed by atoms with Crippen molar-refractivity contribution in [2.45, 2.75) is 31.0 Å². The van der Waals surface area contributed by atoms with E-state index in [0.29, 0.717) is 5.56 Å². The highest BCUT2D eigenvalue weighted by atomic mass is 31.2. The molecule has 2 fully saturated rings. The van der Waals surface area contributed by atoms with E-state index in [2.05, 4.69) is 4.98 Å². The Kier molecular flexibility index (Phi) is 4.31. The van der Waals surface area contributed by atoms with Gasteiger partial charge in [-0.05, 0) is 6.92 Å². The number of nitrogens with zero attached hydrogens (tertiary/aromatic N) is 1. The third-order valence-electron chi connectivity index (χ3n) is 4.09. The normalized spacial score (nSPS) is 34.4. The van der Waals surface area contributed by atoms with Crippen LogP contribution in [0.15, 0.2) is 15.8 Å². The van der Waals surface area contributed by atoms with E-state index in [1.165, 1.54) is 17.9 Å². The van der Waals surface area contributed by atoms with E-state index >= 15 is 0 Å². The monoisotopic (exact) mass is 362 g/mol. The van der Waals surface area contributed by atoms with Gasteiger partial charge in [0, 0.05) is 25.5 Å². The van der Waals surface area contributed by atoms with Crippen molar-refractivity contribution in [1.82, 2.24) is 9.55 Å². The van der Waals surface area contributed by atoms with Crippen LogP contribution in [-0.2, 0) is 23.3 Å². The number of hydrogen-bond donors (Lipinski definition) is 2. The highest BCUT2D eigenvalue weighted by Gasteiger charge is 2.64. The Morgan fingerprint density at radius 3 is 2.88 bits per heavy atom. The maximum Gasteiger partial charge on any atom is 0.330 e. The van der Waals surface area contributed by atoms with E-state index in [4.69, 9.17) is 18.7 Å². The van der Waals surface area contributed by atoms with E-state index in [1.54, 1.807) is 6.92 Å². The first-order valence-corrected chi connectivity index (χ1v) is 9.28. The molecule has 0 spiro atoms. The van der Waals surface area contributed by atoms with Gasteiger partial charge in [0.25, 0.3) is 5.56 Å². The number of rotatable bonds is 5. The molecule has 3 rings (SSSR count). The average molecular weight is 362 g/mol. The summed E-state index contributed by atoms with van der Waals surface area (Å²) in [6.45, 7) is 2.78. The van der Waals surface area contributed by atoms with Gasteiger partial charge in [0.2, 0.25) is 0 Å². The van der Waals surface area contributed by atoms with Gasteiger partial charge in [-0.2, -0.15) is 0 Å². The molecule has 3 heterocycles. The summed E-state index contributed by atoms with van der Waals surface area (Å²) in [6.07, 6.45) is -1.22. The lowest BCUT2D eigenvalue weighted by Crippen LogP contribution is -2.46. The fourth-order valence-corrected chi connectivity index (χ4v) is 3.84. The van der Waals surface area contributed by atoms with Gasteiger partial charge in [-0.3, -0.25) is 23.4 Å². The first-order chi connectivity index (χ1) is 11.2. The van der Waals surface area contributed by atoms with Crippen molar-refractivity contribution >= 4 is 7.60 Å². The van der Waals surface area contributed by atoms with Crippen LogP contribution >= 0.6 is 7.60 Å². The van der Waals surface area contributed by atoms with Gasteiger partial charge in [-0.15, -0.1) is 0 Å². The van der Waals surface area contributed by atoms with Crippen molar-refractivity contribution in [1.29, 1.82) is 0 Å². The zero-order chi connectivity index (χ0) is 17.7. The molecule has 2 bridgehead atoms. The molecule has 134 valence electrons. The Bertz CT molecular complexity index is 798. The molecular formula is C13H19N2O8P. The topological polar surface area (TPSA) is 129 Å². The first-order valence-electron chi connectivity index (χ1n) is 7.26. The van der Waals surface area contributed by atoms with Gasteiger partial charge in [-0.1, -0.05) is 0 Å². The second kappa shape index (κ2) is 5.91. The predicted octanol–water partition coefficient (Wildman–Crippen LogP) is -0.642. The van der Waals surface area contributed by atoms with Gasteiger partial charge >= 0.3 is 13.3 Å². The van der Waals surface area contributed by atoms with E-state index < -0.39 is 42.9 Å². The van der Waals surface area contributed by atoms with Crippen molar-refractivity contribution in [2.75, 3.05) is 27.0 Å². The smallest absolute Gasteiger partial charge is 0.330 e. The van der Waals surface area contributed by atoms with Gasteiger partial charge in [0.05, 0.1) is 13.2 Å². The van der Waals surface area contributed by atoms with Crippen molar-refractivity contribution in [3.8, 4) is 0 Å². The van der Waals surface area contributed by atoms with Crippen LogP contribution in [0, 0.1) is 6.92 Å². The minimum absolute atomic E-state index is 0.0573. The molecule has 2 unspecified atom stereocenters. The van der Waals surface area contributed by atoms with Crippen molar-refractivity contribution in [3.05, 3.63) is 32.6 Å². The summed E-state index contributed by atoms with van der Waals surface area (Å²) < 4.78 is 34.9. The number of hydrogen-bond acceptors (Lipinski definition) is 7. The Morgan fingerprint density at radius 1 is 1.54 bits per heavy atom. The molecule has 0 aliphatic carbocycles. The lowest BCUT2D eigenvalue weighted by molar-refractivity contribution is -0.190. The molecule has 5 atom stereocenters. The van der Waals surface area contributed by atoms with Crippen molar-refractivity contribution in [3.63, 3.8) is 0 Å². The predicted molar refractivity (Wildman–Crippen MR) is 81.2 cm³/mol. The summed E-state index contributed by atoms with van der Waals surface area (Å²) in [5, 5.41) is 0. The van der Waals surface area contributed by atoms with Crippen LogP contribution in [0.4, 0.5) is 0 Å². The third-order valence-corrected chi connectivity index (χ3v) is 4.71. The minimum atomic E-state index is -3.82. The molecule has 0 saturated carbocycles. The van der Waals surface area contributed by atoms with E-state index in [1.807, 2.05) is 0 Å². The Hall–Kier alpha value is -1.29. The highest BCUT2D eigenvalue weighted by Crippen LogP contribution is 2.52. The van der Waals surface area contributed by atoms with Gasteiger partial charge < -0.3 is 19.1 Å². The van der Waals surface area contributed by atoms with Crippen LogP contribution in [0.25, 0.3) is 0 Å². The lowest BCUT2D eigenvalue weighted by atomic mass is 10.0. The number of fused-ring (bicyclic) bond motifs is 2. The summed E-state index contributed by atoms with van der Waals surface area (Å²) in [4.78, 5) is 35.4.